The predicted molar refractivity (Wildman–Crippen MR) is 92.2 cm³/mol. The van der Waals surface area contributed by atoms with Crippen molar-refractivity contribution in [2.24, 2.45) is 0 Å². The molecule has 0 aromatic heterocycles. The molecule has 126 valence electrons. The number of nitrogens with one attached hydrogen (secondary N) is 1. The van der Waals surface area contributed by atoms with Gasteiger partial charge in [0, 0.05) is 17.6 Å². The van der Waals surface area contributed by atoms with E-state index in [1.165, 1.54) is 6.42 Å². The van der Waals surface area contributed by atoms with Gasteiger partial charge in [-0.3, -0.25) is 4.79 Å². The molecule has 3 rings (SSSR count). The van der Waals surface area contributed by atoms with E-state index in [0.29, 0.717) is 13.2 Å². The van der Waals surface area contributed by atoms with Crippen LogP contribution in [0.5, 0.6) is 0 Å². The maximum atomic E-state index is 12.5. The Bertz CT molecular complexity index is 539. The van der Waals surface area contributed by atoms with Crippen LogP contribution >= 0.6 is 15.9 Å². The zero-order chi connectivity index (χ0) is 16.1. The molecule has 4 nitrogen and oxygen atoms in total. The lowest BCUT2D eigenvalue weighted by atomic mass is 9.95. The summed E-state index contributed by atoms with van der Waals surface area (Å²) in [6.07, 6.45) is 5.93. The molecule has 5 heteroatoms. The summed E-state index contributed by atoms with van der Waals surface area (Å²) >= 11 is 3.48. The van der Waals surface area contributed by atoms with Crippen molar-refractivity contribution in [3.8, 4) is 0 Å². The Morgan fingerprint density at radius 1 is 1.39 bits per heavy atom. The summed E-state index contributed by atoms with van der Waals surface area (Å²) < 4.78 is 12.2. The summed E-state index contributed by atoms with van der Waals surface area (Å²) in [5.41, 5.74) is 0.799. The molecule has 1 aliphatic carbocycles. The van der Waals surface area contributed by atoms with Crippen LogP contribution in [0.4, 0.5) is 0 Å². The SMILES string of the molecule is O=C(NCCCOC1CCCCO1)C1(c2cccc(Br)c2)CC1. The number of carbonyl (C=O) groups is 1. The Morgan fingerprint density at radius 2 is 2.26 bits per heavy atom. The summed E-state index contributed by atoms with van der Waals surface area (Å²) in [4.78, 5) is 12.5. The fourth-order valence-electron chi connectivity index (χ4n) is 3.06. The standard InChI is InChI=1S/C18H24BrNO3/c19-15-6-3-5-14(13-15)18(8-9-18)17(21)20-10-4-12-23-16-7-1-2-11-22-16/h3,5-6,13,16H,1-2,4,7-12H2,(H,20,21). The first kappa shape index (κ1) is 16.9. The minimum absolute atomic E-state index is 0.0455. The molecular formula is C18H24BrNO3. The number of carbonyl (C=O) groups excluding carboxylic acids is 1. The average molecular weight is 382 g/mol. The number of ether oxygens (including phenoxy) is 2. The van der Waals surface area contributed by atoms with E-state index in [1.807, 2.05) is 18.2 Å². The van der Waals surface area contributed by atoms with E-state index in [1.54, 1.807) is 0 Å². The van der Waals surface area contributed by atoms with Gasteiger partial charge < -0.3 is 14.8 Å². The van der Waals surface area contributed by atoms with Crippen LogP contribution in [-0.2, 0) is 19.7 Å². The van der Waals surface area contributed by atoms with Crippen molar-refractivity contribution in [1.29, 1.82) is 0 Å². The molecule has 1 amide bonds. The maximum absolute atomic E-state index is 12.5. The quantitative estimate of drug-likeness (QED) is 0.734. The number of benzene rings is 1. The van der Waals surface area contributed by atoms with E-state index in [0.717, 1.165) is 48.7 Å². The van der Waals surface area contributed by atoms with Gasteiger partial charge in [0.15, 0.2) is 6.29 Å². The van der Waals surface area contributed by atoms with Gasteiger partial charge in [-0.2, -0.15) is 0 Å². The molecule has 2 fully saturated rings. The minimum Gasteiger partial charge on any atom is -0.355 e. The topological polar surface area (TPSA) is 47.6 Å². The van der Waals surface area contributed by atoms with Gasteiger partial charge in [0.05, 0.1) is 12.0 Å². The molecule has 23 heavy (non-hydrogen) atoms. The summed E-state index contributed by atoms with van der Waals surface area (Å²) in [6, 6.07) is 8.07. The number of hydrogen-bond donors (Lipinski definition) is 1. The van der Waals surface area contributed by atoms with Crippen molar-refractivity contribution in [1.82, 2.24) is 5.32 Å². The molecule has 1 N–H and O–H groups in total. The minimum atomic E-state index is -0.308. The lowest BCUT2D eigenvalue weighted by Gasteiger charge is -2.22. The average Bonchev–Trinajstić information content (AvgIpc) is 3.37. The number of hydrogen-bond acceptors (Lipinski definition) is 3. The third-order valence-corrected chi connectivity index (χ3v) is 5.10. The second-order valence-electron chi connectivity index (χ2n) is 6.37. The molecular weight excluding hydrogens is 358 g/mol. The monoisotopic (exact) mass is 381 g/mol. The fraction of sp³-hybridized carbons (Fsp3) is 0.611. The van der Waals surface area contributed by atoms with Crippen molar-refractivity contribution in [2.45, 2.75) is 50.2 Å². The first-order valence-electron chi connectivity index (χ1n) is 8.48. The van der Waals surface area contributed by atoms with Crippen LogP contribution in [0, 0.1) is 0 Å². The maximum Gasteiger partial charge on any atom is 0.230 e. The van der Waals surface area contributed by atoms with Crippen molar-refractivity contribution in [3.05, 3.63) is 34.3 Å². The summed E-state index contributed by atoms with van der Waals surface area (Å²) in [5.74, 6) is 0.143. The third kappa shape index (κ3) is 4.34. The highest BCUT2D eigenvalue weighted by Crippen LogP contribution is 2.48. The molecule has 1 heterocycles. The van der Waals surface area contributed by atoms with Crippen LogP contribution in [0.2, 0.25) is 0 Å². The van der Waals surface area contributed by atoms with Crippen molar-refractivity contribution >= 4 is 21.8 Å². The van der Waals surface area contributed by atoms with E-state index in [9.17, 15) is 4.79 Å². The predicted octanol–water partition coefficient (Wildman–Crippen LogP) is 3.53. The number of rotatable bonds is 7. The van der Waals surface area contributed by atoms with E-state index >= 15 is 0 Å². The van der Waals surface area contributed by atoms with Crippen molar-refractivity contribution < 1.29 is 14.3 Å². The van der Waals surface area contributed by atoms with Crippen molar-refractivity contribution in [2.75, 3.05) is 19.8 Å². The molecule has 1 saturated heterocycles. The second kappa shape index (κ2) is 7.77. The van der Waals surface area contributed by atoms with E-state index < -0.39 is 0 Å². The second-order valence-corrected chi connectivity index (χ2v) is 7.28. The molecule has 0 spiro atoms. The van der Waals surface area contributed by atoms with E-state index in [2.05, 4.69) is 27.3 Å². The molecule has 2 aliphatic rings. The molecule has 1 aliphatic heterocycles. The van der Waals surface area contributed by atoms with Gasteiger partial charge in [-0.05, 0) is 56.2 Å². The molecule has 0 radical (unpaired) electrons. The van der Waals surface area contributed by atoms with Gasteiger partial charge in [-0.1, -0.05) is 28.1 Å². The van der Waals surface area contributed by atoms with Crippen LogP contribution in [0.1, 0.15) is 44.1 Å². The highest BCUT2D eigenvalue weighted by atomic mass is 79.9. The molecule has 1 aromatic carbocycles. The molecule has 1 atom stereocenters. The first-order chi connectivity index (χ1) is 11.2. The Balaban J connectivity index is 1.39. The zero-order valence-electron chi connectivity index (χ0n) is 13.4. The van der Waals surface area contributed by atoms with Crippen LogP contribution in [-0.4, -0.2) is 32.0 Å². The van der Waals surface area contributed by atoms with Crippen LogP contribution in [0.15, 0.2) is 28.7 Å². The van der Waals surface area contributed by atoms with Gasteiger partial charge in [-0.25, -0.2) is 0 Å². The summed E-state index contributed by atoms with van der Waals surface area (Å²) in [6.45, 7) is 2.09. The lowest BCUT2D eigenvalue weighted by Crippen LogP contribution is -2.35. The van der Waals surface area contributed by atoms with Crippen molar-refractivity contribution in [3.63, 3.8) is 0 Å². The third-order valence-electron chi connectivity index (χ3n) is 4.61. The molecule has 1 aromatic rings. The highest BCUT2D eigenvalue weighted by Gasteiger charge is 2.51. The van der Waals surface area contributed by atoms with Gasteiger partial charge >= 0.3 is 0 Å². The summed E-state index contributed by atoms with van der Waals surface area (Å²) in [5, 5.41) is 3.07. The van der Waals surface area contributed by atoms with Gasteiger partial charge in [0.2, 0.25) is 5.91 Å². The summed E-state index contributed by atoms with van der Waals surface area (Å²) in [7, 11) is 0. The van der Waals surface area contributed by atoms with Gasteiger partial charge in [0.25, 0.3) is 0 Å². The van der Waals surface area contributed by atoms with Crippen LogP contribution in [0.25, 0.3) is 0 Å². The fourth-order valence-corrected chi connectivity index (χ4v) is 3.46. The first-order valence-corrected chi connectivity index (χ1v) is 9.28. The highest BCUT2D eigenvalue weighted by molar-refractivity contribution is 9.10. The van der Waals surface area contributed by atoms with Gasteiger partial charge in [-0.15, -0.1) is 0 Å². The largest absolute Gasteiger partial charge is 0.355 e. The smallest absolute Gasteiger partial charge is 0.230 e. The number of halogens is 1. The zero-order valence-corrected chi connectivity index (χ0v) is 14.9. The number of amides is 1. The van der Waals surface area contributed by atoms with Gasteiger partial charge in [0.1, 0.15) is 0 Å². The Kier molecular flexibility index (Phi) is 5.72. The Morgan fingerprint density at radius 3 is 2.96 bits per heavy atom. The normalized spacial score (nSPS) is 22.6. The Hall–Kier alpha value is -0.910. The van der Waals surface area contributed by atoms with Crippen LogP contribution < -0.4 is 5.32 Å². The Labute approximate surface area is 146 Å². The molecule has 1 saturated carbocycles. The molecule has 0 bridgehead atoms. The lowest BCUT2D eigenvalue weighted by molar-refractivity contribution is -0.162. The van der Waals surface area contributed by atoms with Crippen LogP contribution in [0.3, 0.4) is 0 Å². The molecule has 1 unspecified atom stereocenters. The van der Waals surface area contributed by atoms with E-state index in [-0.39, 0.29) is 17.6 Å². The van der Waals surface area contributed by atoms with E-state index in [4.69, 9.17) is 9.47 Å².